The van der Waals surface area contributed by atoms with E-state index in [0.717, 1.165) is 0 Å². The Morgan fingerprint density at radius 1 is 1.64 bits per heavy atom. The summed E-state index contributed by atoms with van der Waals surface area (Å²) in [5.74, 6) is -0.229. The molecule has 0 saturated heterocycles. The first-order chi connectivity index (χ1) is 6.50. The molecule has 0 saturated carbocycles. The summed E-state index contributed by atoms with van der Waals surface area (Å²) < 4.78 is 18.4. The molecule has 0 spiro atoms. The molecule has 0 aliphatic carbocycles. The van der Waals surface area contributed by atoms with Gasteiger partial charge in [-0.2, -0.15) is 0 Å². The van der Waals surface area contributed by atoms with E-state index in [-0.39, 0.29) is 21.8 Å². The van der Waals surface area contributed by atoms with Crippen molar-refractivity contribution in [1.82, 2.24) is 0 Å². The molecule has 0 heterocycles. The zero-order valence-electron chi connectivity index (χ0n) is 6.89. The average molecular weight is 299 g/mol. The Balaban J connectivity index is 2.87. The predicted molar refractivity (Wildman–Crippen MR) is 61.4 cm³/mol. The van der Waals surface area contributed by atoms with Gasteiger partial charge in [-0.15, -0.1) is 0 Å². The van der Waals surface area contributed by atoms with Gasteiger partial charge in [0, 0.05) is 6.07 Å². The highest BCUT2D eigenvalue weighted by atomic mass is 79.9. The largest absolute Gasteiger partial charge is 0.485 e. The summed E-state index contributed by atoms with van der Waals surface area (Å²) in [5, 5.41) is 0.300. The van der Waals surface area contributed by atoms with E-state index >= 15 is 0 Å². The van der Waals surface area contributed by atoms with Crippen LogP contribution in [-0.4, -0.2) is 11.6 Å². The van der Waals surface area contributed by atoms with Crippen LogP contribution in [0.15, 0.2) is 16.6 Å². The molecule has 14 heavy (non-hydrogen) atoms. The quantitative estimate of drug-likeness (QED) is 0.688. The molecule has 1 rings (SSSR count). The van der Waals surface area contributed by atoms with Crippen molar-refractivity contribution in [2.45, 2.75) is 0 Å². The Bertz CT molecular complexity index is 375. The average Bonchev–Trinajstić information content (AvgIpc) is 2.09. The number of ether oxygens (including phenoxy) is 1. The van der Waals surface area contributed by atoms with Crippen LogP contribution in [0.4, 0.5) is 4.39 Å². The maximum absolute atomic E-state index is 13.0. The second-order valence-electron chi connectivity index (χ2n) is 2.45. The van der Waals surface area contributed by atoms with Crippen molar-refractivity contribution in [2.75, 3.05) is 6.61 Å². The highest BCUT2D eigenvalue weighted by molar-refractivity contribution is 9.10. The topological polar surface area (TPSA) is 35.2 Å². The standard InChI is InChI=1S/C8H6BrClFNOS/c9-4-1-5(10)7(2-6(4)11)13-3-8(12)14/h1-2H,3H2,(H2,12,14). The first-order valence-corrected chi connectivity index (χ1v) is 5.14. The van der Waals surface area contributed by atoms with Gasteiger partial charge in [-0.05, 0) is 22.0 Å². The Labute approximate surface area is 99.3 Å². The summed E-state index contributed by atoms with van der Waals surface area (Å²) >= 11 is 13.4. The summed E-state index contributed by atoms with van der Waals surface area (Å²) in [6.07, 6.45) is 0. The number of halogens is 3. The van der Waals surface area contributed by atoms with E-state index < -0.39 is 5.82 Å². The maximum atomic E-state index is 13.0. The van der Waals surface area contributed by atoms with E-state index in [1.807, 2.05) is 0 Å². The molecule has 0 unspecified atom stereocenters. The molecule has 0 bridgehead atoms. The third kappa shape index (κ3) is 3.08. The fourth-order valence-electron chi connectivity index (χ4n) is 0.764. The summed E-state index contributed by atoms with van der Waals surface area (Å²) in [6.45, 7) is 0.0378. The fraction of sp³-hybridized carbons (Fsp3) is 0.125. The van der Waals surface area contributed by atoms with Gasteiger partial charge in [-0.1, -0.05) is 23.8 Å². The van der Waals surface area contributed by atoms with Crippen LogP contribution >= 0.6 is 39.7 Å². The first-order valence-electron chi connectivity index (χ1n) is 3.56. The maximum Gasteiger partial charge on any atom is 0.141 e. The van der Waals surface area contributed by atoms with Gasteiger partial charge >= 0.3 is 0 Å². The van der Waals surface area contributed by atoms with E-state index in [2.05, 4.69) is 28.1 Å². The fourth-order valence-corrected chi connectivity index (χ4v) is 1.52. The van der Waals surface area contributed by atoms with Crippen molar-refractivity contribution >= 4 is 44.7 Å². The summed E-state index contributed by atoms with van der Waals surface area (Å²) in [6, 6.07) is 2.58. The Morgan fingerprint density at radius 3 is 2.86 bits per heavy atom. The van der Waals surface area contributed by atoms with Crippen LogP contribution in [0.2, 0.25) is 5.02 Å². The van der Waals surface area contributed by atoms with Crippen molar-refractivity contribution in [2.24, 2.45) is 5.73 Å². The van der Waals surface area contributed by atoms with Gasteiger partial charge < -0.3 is 10.5 Å². The minimum Gasteiger partial charge on any atom is -0.485 e. The van der Waals surface area contributed by atoms with Crippen molar-refractivity contribution in [3.8, 4) is 5.75 Å². The van der Waals surface area contributed by atoms with Gasteiger partial charge in [0.1, 0.15) is 23.2 Å². The van der Waals surface area contributed by atoms with Gasteiger partial charge in [0.25, 0.3) is 0 Å². The Morgan fingerprint density at radius 2 is 2.29 bits per heavy atom. The molecule has 1 aromatic carbocycles. The summed E-state index contributed by atoms with van der Waals surface area (Å²) in [4.78, 5) is 0.185. The van der Waals surface area contributed by atoms with Crippen LogP contribution in [-0.2, 0) is 0 Å². The van der Waals surface area contributed by atoms with Crippen LogP contribution in [0.25, 0.3) is 0 Å². The minimum absolute atomic E-state index is 0.0378. The smallest absolute Gasteiger partial charge is 0.141 e. The van der Waals surface area contributed by atoms with Gasteiger partial charge in [-0.25, -0.2) is 4.39 Å². The lowest BCUT2D eigenvalue weighted by Gasteiger charge is -2.07. The Kier molecular flexibility index (Phi) is 4.10. The number of hydrogen-bond donors (Lipinski definition) is 1. The van der Waals surface area contributed by atoms with E-state index in [1.54, 1.807) is 0 Å². The highest BCUT2D eigenvalue weighted by Gasteiger charge is 2.07. The van der Waals surface area contributed by atoms with E-state index in [4.69, 9.17) is 22.1 Å². The van der Waals surface area contributed by atoms with Gasteiger partial charge in [0.2, 0.25) is 0 Å². The molecule has 2 nitrogen and oxygen atoms in total. The predicted octanol–water partition coefficient (Wildman–Crippen LogP) is 2.91. The molecule has 0 aromatic heterocycles. The van der Waals surface area contributed by atoms with Gasteiger partial charge in [0.15, 0.2) is 0 Å². The minimum atomic E-state index is -0.452. The molecule has 2 N–H and O–H groups in total. The monoisotopic (exact) mass is 297 g/mol. The van der Waals surface area contributed by atoms with Gasteiger partial charge in [0.05, 0.1) is 9.50 Å². The number of hydrogen-bond acceptors (Lipinski definition) is 2. The lowest BCUT2D eigenvalue weighted by atomic mass is 10.3. The molecule has 1 aromatic rings. The molecule has 0 fully saturated rings. The lowest BCUT2D eigenvalue weighted by Crippen LogP contribution is -2.18. The second-order valence-corrected chi connectivity index (χ2v) is 4.24. The van der Waals surface area contributed by atoms with Crippen molar-refractivity contribution in [3.63, 3.8) is 0 Å². The lowest BCUT2D eigenvalue weighted by molar-refractivity contribution is 0.375. The van der Waals surface area contributed by atoms with Crippen molar-refractivity contribution in [3.05, 3.63) is 27.4 Å². The number of rotatable bonds is 3. The van der Waals surface area contributed by atoms with Crippen molar-refractivity contribution < 1.29 is 9.13 Å². The second kappa shape index (κ2) is 4.91. The highest BCUT2D eigenvalue weighted by Crippen LogP contribution is 2.30. The van der Waals surface area contributed by atoms with Crippen molar-refractivity contribution in [1.29, 1.82) is 0 Å². The molecule has 6 heteroatoms. The van der Waals surface area contributed by atoms with Crippen LogP contribution in [0.1, 0.15) is 0 Å². The molecule has 0 atom stereocenters. The van der Waals surface area contributed by atoms with Crippen LogP contribution in [0.5, 0.6) is 5.75 Å². The van der Waals surface area contributed by atoms with Crippen LogP contribution in [0, 0.1) is 5.82 Å². The Hall–Kier alpha value is -0.390. The summed E-state index contributed by atoms with van der Waals surface area (Å²) in [7, 11) is 0. The molecular weight excluding hydrogens is 293 g/mol. The first kappa shape index (κ1) is 11.7. The van der Waals surface area contributed by atoms with Gasteiger partial charge in [-0.3, -0.25) is 0 Å². The third-order valence-electron chi connectivity index (χ3n) is 1.34. The number of nitrogens with two attached hydrogens (primary N) is 1. The van der Waals surface area contributed by atoms with E-state index in [9.17, 15) is 4.39 Å². The molecule has 76 valence electrons. The molecule has 0 radical (unpaired) electrons. The zero-order chi connectivity index (χ0) is 10.7. The van der Waals surface area contributed by atoms with E-state index in [0.29, 0.717) is 5.02 Å². The molecule has 0 aliphatic rings. The number of thiocarbonyl (C=S) groups is 1. The molecular formula is C8H6BrClFNOS. The summed E-state index contributed by atoms with van der Waals surface area (Å²) in [5.41, 5.74) is 5.22. The normalized spacial score (nSPS) is 9.93. The van der Waals surface area contributed by atoms with E-state index in [1.165, 1.54) is 12.1 Å². The molecule has 0 aliphatic heterocycles. The number of benzene rings is 1. The van der Waals surface area contributed by atoms with Crippen LogP contribution in [0.3, 0.4) is 0 Å². The van der Waals surface area contributed by atoms with Crippen LogP contribution < -0.4 is 10.5 Å². The molecule has 0 amide bonds. The SMILES string of the molecule is NC(=S)COc1cc(F)c(Br)cc1Cl. The zero-order valence-corrected chi connectivity index (χ0v) is 10.0. The third-order valence-corrected chi connectivity index (χ3v) is 2.37.